The van der Waals surface area contributed by atoms with Crippen molar-refractivity contribution in [1.82, 2.24) is 4.90 Å². The number of rotatable bonds is 0. The van der Waals surface area contributed by atoms with Crippen molar-refractivity contribution in [2.24, 2.45) is 0 Å². The molecule has 0 aliphatic carbocycles. The molecule has 0 bridgehead atoms. The van der Waals surface area contributed by atoms with Crippen molar-refractivity contribution in [2.75, 3.05) is 6.54 Å². The number of allylic oxidation sites excluding steroid dienone is 1. The number of hydrogen-bond donors (Lipinski definition) is 0. The first-order valence-electron chi connectivity index (χ1n) is 5.85. The summed E-state index contributed by atoms with van der Waals surface area (Å²) < 4.78 is 5.41. The van der Waals surface area contributed by atoms with Crippen molar-refractivity contribution in [1.29, 1.82) is 0 Å². The van der Waals surface area contributed by atoms with Gasteiger partial charge in [-0.25, -0.2) is 4.79 Å². The number of amides is 1. The third kappa shape index (κ3) is 2.57. The van der Waals surface area contributed by atoms with Gasteiger partial charge in [-0.15, -0.1) is 0 Å². The molecule has 1 heterocycles. The van der Waals surface area contributed by atoms with Crippen LogP contribution in [0.5, 0.6) is 0 Å². The van der Waals surface area contributed by atoms with Crippen LogP contribution in [0.1, 0.15) is 48.0 Å². The van der Waals surface area contributed by atoms with Crippen LogP contribution in [0, 0.1) is 0 Å². The molecule has 3 nitrogen and oxygen atoms in total. The van der Waals surface area contributed by atoms with E-state index in [1.807, 2.05) is 32.6 Å². The molecule has 92 valence electrons. The molecule has 1 rings (SSSR count). The molecule has 0 unspecified atom stereocenters. The smallest absolute Gasteiger partial charge is 0.410 e. The fraction of sp³-hybridized carbons (Fsp3) is 0.769. The molecule has 1 saturated heterocycles. The molecular formula is C13H23NO2. The lowest BCUT2D eigenvalue weighted by molar-refractivity contribution is 0.0160. The predicted molar refractivity (Wildman–Crippen MR) is 65.4 cm³/mol. The summed E-state index contributed by atoms with van der Waals surface area (Å²) in [4.78, 5) is 13.8. The minimum atomic E-state index is -0.425. The zero-order chi connectivity index (χ0) is 12.6. The summed E-state index contributed by atoms with van der Waals surface area (Å²) in [7, 11) is 0. The van der Waals surface area contributed by atoms with Gasteiger partial charge in [0.05, 0.1) is 5.54 Å². The number of ether oxygens (including phenoxy) is 1. The van der Waals surface area contributed by atoms with Gasteiger partial charge in [-0.1, -0.05) is 6.08 Å². The highest BCUT2D eigenvalue weighted by atomic mass is 16.6. The van der Waals surface area contributed by atoms with Crippen molar-refractivity contribution in [3.8, 4) is 0 Å². The molecule has 0 atom stereocenters. The van der Waals surface area contributed by atoms with Gasteiger partial charge < -0.3 is 4.74 Å². The molecule has 0 spiro atoms. The Balaban J connectivity index is 2.80. The average molecular weight is 225 g/mol. The van der Waals surface area contributed by atoms with E-state index in [4.69, 9.17) is 4.74 Å². The molecule has 3 heteroatoms. The standard InChI is InChI=1S/C13H23NO2/c1-7-10-8-9-14(13(10,5)6)11(15)16-12(2,3)4/h7H,8-9H2,1-6H3/b10-7-. The Morgan fingerprint density at radius 2 is 2.00 bits per heavy atom. The zero-order valence-corrected chi connectivity index (χ0v) is 11.3. The Kier molecular flexibility index (Phi) is 3.36. The van der Waals surface area contributed by atoms with E-state index >= 15 is 0 Å². The third-order valence-electron chi connectivity index (χ3n) is 3.03. The first-order chi connectivity index (χ1) is 7.18. The van der Waals surface area contributed by atoms with Gasteiger partial charge >= 0.3 is 6.09 Å². The Morgan fingerprint density at radius 1 is 1.44 bits per heavy atom. The van der Waals surface area contributed by atoms with Gasteiger partial charge in [0, 0.05) is 6.54 Å². The summed E-state index contributed by atoms with van der Waals surface area (Å²) >= 11 is 0. The molecule has 0 N–H and O–H groups in total. The van der Waals surface area contributed by atoms with Crippen LogP contribution < -0.4 is 0 Å². The number of carbonyl (C=O) groups is 1. The predicted octanol–water partition coefficient (Wildman–Crippen LogP) is 3.35. The van der Waals surface area contributed by atoms with Crippen LogP contribution in [-0.2, 0) is 4.74 Å². The first kappa shape index (κ1) is 13.1. The summed E-state index contributed by atoms with van der Waals surface area (Å²) in [5.74, 6) is 0. The van der Waals surface area contributed by atoms with Crippen LogP contribution in [0.2, 0.25) is 0 Å². The SMILES string of the molecule is C/C=C1/CCN(C(=O)OC(C)(C)C)C1(C)C. The number of carbonyl (C=O) groups excluding carboxylic acids is 1. The van der Waals surface area contributed by atoms with E-state index < -0.39 is 5.60 Å². The Bertz CT molecular complexity index is 310. The average Bonchev–Trinajstić information content (AvgIpc) is 2.36. The van der Waals surface area contributed by atoms with E-state index in [0.717, 1.165) is 13.0 Å². The van der Waals surface area contributed by atoms with Crippen molar-refractivity contribution in [2.45, 2.75) is 59.1 Å². The van der Waals surface area contributed by atoms with Crippen LogP contribution in [-0.4, -0.2) is 28.7 Å². The van der Waals surface area contributed by atoms with E-state index in [2.05, 4.69) is 19.9 Å². The maximum absolute atomic E-state index is 12.0. The van der Waals surface area contributed by atoms with Crippen molar-refractivity contribution in [3.05, 3.63) is 11.6 Å². The summed E-state index contributed by atoms with van der Waals surface area (Å²) in [6.07, 6.45) is 2.84. The molecule has 0 saturated carbocycles. The summed E-state index contributed by atoms with van der Waals surface area (Å²) in [6.45, 7) is 12.6. The van der Waals surface area contributed by atoms with Gasteiger partial charge in [-0.3, -0.25) is 4.90 Å². The van der Waals surface area contributed by atoms with Crippen LogP contribution >= 0.6 is 0 Å². The Hall–Kier alpha value is -0.990. The quantitative estimate of drug-likeness (QED) is 0.592. The van der Waals surface area contributed by atoms with Crippen LogP contribution in [0.3, 0.4) is 0 Å². The lowest BCUT2D eigenvalue weighted by Crippen LogP contribution is -2.45. The maximum atomic E-state index is 12.0. The van der Waals surface area contributed by atoms with Gasteiger partial charge in [-0.05, 0) is 53.5 Å². The van der Waals surface area contributed by atoms with Crippen LogP contribution in [0.4, 0.5) is 4.79 Å². The highest BCUT2D eigenvalue weighted by Crippen LogP contribution is 2.34. The zero-order valence-electron chi connectivity index (χ0n) is 11.3. The van der Waals surface area contributed by atoms with Crippen molar-refractivity contribution in [3.63, 3.8) is 0 Å². The Morgan fingerprint density at radius 3 is 2.38 bits per heavy atom. The normalized spacial score (nSPS) is 22.6. The monoisotopic (exact) mass is 225 g/mol. The topological polar surface area (TPSA) is 29.5 Å². The van der Waals surface area contributed by atoms with Gasteiger partial charge in [0.1, 0.15) is 5.60 Å². The van der Waals surface area contributed by atoms with Crippen LogP contribution in [0.25, 0.3) is 0 Å². The molecule has 1 aliphatic heterocycles. The van der Waals surface area contributed by atoms with Gasteiger partial charge in [0.2, 0.25) is 0 Å². The molecule has 0 aromatic rings. The number of nitrogens with zero attached hydrogens (tertiary/aromatic N) is 1. The fourth-order valence-corrected chi connectivity index (χ4v) is 2.13. The van der Waals surface area contributed by atoms with E-state index in [-0.39, 0.29) is 11.6 Å². The molecule has 0 aromatic carbocycles. The lowest BCUT2D eigenvalue weighted by atomic mass is 9.95. The number of likely N-dealkylation sites (tertiary alicyclic amines) is 1. The molecule has 16 heavy (non-hydrogen) atoms. The number of hydrogen-bond acceptors (Lipinski definition) is 2. The summed E-state index contributed by atoms with van der Waals surface area (Å²) in [5.41, 5.74) is 0.668. The second-order valence-corrected chi connectivity index (χ2v) is 5.75. The molecule has 1 fully saturated rings. The second-order valence-electron chi connectivity index (χ2n) is 5.75. The molecule has 1 aliphatic rings. The van der Waals surface area contributed by atoms with Gasteiger partial charge in [0.15, 0.2) is 0 Å². The maximum Gasteiger partial charge on any atom is 0.410 e. The van der Waals surface area contributed by atoms with Gasteiger partial charge in [-0.2, -0.15) is 0 Å². The highest BCUT2D eigenvalue weighted by molar-refractivity contribution is 5.70. The molecule has 0 radical (unpaired) electrons. The van der Waals surface area contributed by atoms with Crippen LogP contribution in [0.15, 0.2) is 11.6 Å². The first-order valence-corrected chi connectivity index (χ1v) is 5.85. The third-order valence-corrected chi connectivity index (χ3v) is 3.03. The van der Waals surface area contributed by atoms with E-state index in [0.29, 0.717) is 0 Å². The highest BCUT2D eigenvalue weighted by Gasteiger charge is 2.40. The molecule has 1 amide bonds. The van der Waals surface area contributed by atoms with Gasteiger partial charge in [0.25, 0.3) is 0 Å². The van der Waals surface area contributed by atoms with Crippen molar-refractivity contribution >= 4 is 6.09 Å². The minimum Gasteiger partial charge on any atom is -0.444 e. The van der Waals surface area contributed by atoms with Crippen molar-refractivity contribution < 1.29 is 9.53 Å². The summed E-state index contributed by atoms with van der Waals surface area (Å²) in [5, 5.41) is 0. The largest absolute Gasteiger partial charge is 0.444 e. The van der Waals surface area contributed by atoms with E-state index in [1.54, 1.807) is 0 Å². The lowest BCUT2D eigenvalue weighted by Gasteiger charge is -2.34. The van der Waals surface area contributed by atoms with E-state index in [1.165, 1.54) is 5.57 Å². The minimum absolute atomic E-state index is 0.211. The Labute approximate surface area is 98.5 Å². The molecule has 0 aromatic heterocycles. The fourth-order valence-electron chi connectivity index (χ4n) is 2.13. The summed E-state index contributed by atoms with van der Waals surface area (Å²) in [6, 6.07) is 0. The second kappa shape index (κ2) is 4.11. The van der Waals surface area contributed by atoms with E-state index in [9.17, 15) is 4.79 Å². The molecular weight excluding hydrogens is 202 g/mol.